The molecule has 1 saturated heterocycles. The van der Waals surface area contributed by atoms with Crippen LogP contribution in [0, 0.1) is 0 Å². The molecule has 1 aromatic carbocycles. The van der Waals surface area contributed by atoms with Crippen molar-refractivity contribution >= 4 is 11.8 Å². The minimum atomic E-state index is -0.417. The van der Waals surface area contributed by atoms with E-state index in [0.29, 0.717) is 19.5 Å². The van der Waals surface area contributed by atoms with Crippen LogP contribution in [0.2, 0.25) is 0 Å². The Labute approximate surface area is 140 Å². The number of amides is 2. The van der Waals surface area contributed by atoms with Crippen LogP contribution in [0.4, 0.5) is 0 Å². The monoisotopic (exact) mass is 327 g/mol. The molecule has 2 aromatic rings. The van der Waals surface area contributed by atoms with Gasteiger partial charge >= 0.3 is 0 Å². The van der Waals surface area contributed by atoms with Gasteiger partial charge in [-0.2, -0.15) is 5.10 Å². The molecule has 1 aliphatic rings. The number of benzene rings is 1. The van der Waals surface area contributed by atoms with E-state index in [0.717, 1.165) is 24.1 Å². The van der Waals surface area contributed by atoms with E-state index in [9.17, 15) is 9.59 Å². The summed E-state index contributed by atoms with van der Waals surface area (Å²) < 4.78 is 1.52. The fourth-order valence-corrected chi connectivity index (χ4v) is 2.83. The van der Waals surface area contributed by atoms with E-state index >= 15 is 0 Å². The molecule has 0 aliphatic carbocycles. The summed E-state index contributed by atoms with van der Waals surface area (Å²) in [4.78, 5) is 29.8. The molecule has 0 spiro atoms. The van der Waals surface area contributed by atoms with E-state index in [2.05, 4.69) is 15.4 Å². The number of hydrogen-bond donors (Lipinski definition) is 1. The van der Waals surface area contributed by atoms with Crippen LogP contribution < -0.4 is 5.32 Å². The van der Waals surface area contributed by atoms with E-state index in [-0.39, 0.29) is 11.8 Å². The number of carbonyl (C=O) groups is 2. The summed E-state index contributed by atoms with van der Waals surface area (Å²) in [5, 5.41) is 6.92. The van der Waals surface area contributed by atoms with Gasteiger partial charge in [0.25, 0.3) is 0 Å². The van der Waals surface area contributed by atoms with Crippen molar-refractivity contribution in [3.8, 4) is 0 Å². The highest BCUT2D eigenvalue weighted by molar-refractivity contribution is 5.79. The molecule has 1 aliphatic heterocycles. The summed E-state index contributed by atoms with van der Waals surface area (Å²) in [6.45, 7) is 3.61. The van der Waals surface area contributed by atoms with Gasteiger partial charge in [-0.1, -0.05) is 24.3 Å². The van der Waals surface area contributed by atoms with Crippen LogP contribution in [0.1, 0.15) is 36.9 Å². The van der Waals surface area contributed by atoms with Gasteiger partial charge in [0, 0.05) is 26.1 Å². The Kier molecular flexibility index (Phi) is 4.88. The number of likely N-dealkylation sites (tertiary alicyclic amines) is 1. The zero-order valence-electron chi connectivity index (χ0n) is 13.7. The Bertz CT molecular complexity index is 714. The van der Waals surface area contributed by atoms with Gasteiger partial charge in [0.15, 0.2) is 0 Å². The quantitative estimate of drug-likeness (QED) is 0.867. The number of aromatic nitrogens is 3. The highest BCUT2D eigenvalue weighted by Gasteiger charge is 2.21. The van der Waals surface area contributed by atoms with E-state index < -0.39 is 6.04 Å². The Hall–Kier alpha value is -2.70. The number of carbonyl (C=O) groups excluding carboxylic acids is 2. The minimum absolute atomic E-state index is 0.118. The van der Waals surface area contributed by atoms with Crippen LogP contribution in [0.15, 0.2) is 36.9 Å². The third-order valence-electron chi connectivity index (χ3n) is 4.32. The molecule has 0 bridgehead atoms. The largest absolute Gasteiger partial charge is 0.350 e. The molecule has 1 unspecified atom stereocenters. The Morgan fingerprint density at radius 1 is 1.33 bits per heavy atom. The Morgan fingerprint density at radius 3 is 2.79 bits per heavy atom. The first-order valence-electron chi connectivity index (χ1n) is 8.11. The van der Waals surface area contributed by atoms with Crippen molar-refractivity contribution in [1.29, 1.82) is 0 Å². The highest BCUT2D eigenvalue weighted by Crippen LogP contribution is 2.17. The van der Waals surface area contributed by atoms with Crippen molar-refractivity contribution in [1.82, 2.24) is 25.0 Å². The van der Waals surface area contributed by atoms with Crippen LogP contribution >= 0.6 is 0 Å². The number of nitrogens with zero attached hydrogens (tertiary/aromatic N) is 4. The standard InChI is InChI=1S/C17H21N5O2/c1-13(22-12-18-11-20-22)17(24)19-9-14-5-2-3-6-15(14)10-21-8-4-7-16(21)23/h2-3,5-6,11-13H,4,7-10H2,1H3,(H,19,24). The third kappa shape index (κ3) is 3.61. The predicted molar refractivity (Wildman–Crippen MR) is 87.7 cm³/mol. The van der Waals surface area contributed by atoms with Crippen molar-refractivity contribution in [3.05, 3.63) is 48.0 Å². The predicted octanol–water partition coefficient (Wildman–Crippen LogP) is 1.28. The molecule has 7 heteroatoms. The van der Waals surface area contributed by atoms with Crippen LogP contribution in [0.3, 0.4) is 0 Å². The molecule has 126 valence electrons. The lowest BCUT2D eigenvalue weighted by Crippen LogP contribution is -2.31. The lowest BCUT2D eigenvalue weighted by Gasteiger charge is -2.19. The van der Waals surface area contributed by atoms with Gasteiger partial charge in [0.05, 0.1) is 0 Å². The minimum Gasteiger partial charge on any atom is -0.350 e. The van der Waals surface area contributed by atoms with Gasteiger partial charge in [-0.3, -0.25) is 9.59 Å². The summed E-state index contributed by atoms with van der Waals surface area (Å²) >= 11 is 0. The molecular formula is C17H21N5O2. The van der Waals surface area contributed by atoms with Gasteiger partial charge in [-0.05, 0) is 24.5 Å². The first-order valence-corrected chi connectivity index (χ1v) is 8.11. The van der Waals surface area contributed by atoms with Crippen LogP contribution in [0.25, 0.3) is 0 Å². The summed E-state index contributed by atoms with van der Waals surface area (Å²) in [7, 11) is 0. The van der Waals surface area contributed by atoms with E-state index in [4.69, 9.17) is 0 Å². The summed E-state index contributed by atoms with van der Waals surface area (Å²) in [5.74, 6) is 0.0844. The van der Waals surface area contributed by atoms with Crippen LogP contribution in [-0.2, 0) is 22.7 Å². The van der Waals surface area contributed by atoms with Crippen molar-refractivity contribution < 1.29 is 9.59 Å². The fraction of sp³-hybridized carbons (Fsp3) is 0.412. The topological polar surface area (TPSA) is 80.1 Å². The van der Waals surface area contributed by atoms with E-state index in [1.165, 1.54) is 17.3 Å². The maximum atomic E-state index is 12.3. The Balaban J connectivity index is 1.63. The van der Waals surface area contributed by atoms with Crippen molar-refractivity contribution in [2.24, 2.45) is 0 Å². The lowest BCUT2D eigenvalue weighted by molar-refractivity contribution is -0.128. The van der Waals surface area contributed by atoms with Gasteiger partial charge in [0.1, 0.15) is 18.7 Å². The maximum absolute atomic E-state index is 12.3. The summed E-state index contributed by atoms with van der Waals surface area (Å²) in [6.07, 6.45) is 4.49. The average Bonchev–Trinajstić information content (AvgIpc) is 3.25. The highest BCUT2D eigenvalue weighted by atomic mass is 16.2. The molecule has 1 N–H and O–H groups in total. The molecule has 1 aromatic heterocycles. The SMILES string of the molecule is CC(C(=O)NCc1ccccc1CN1CCCC1=O)n1cncn1. The van der Waals surface area contributed by atoms with E-state index in [1.807, 2.05) is 29.2 Å². The molecule has 1 atom stereocenters. The van der Waals surface area contributed by atoms with Gasteiger partial charge in [-0.25, -0.2) is 9.67 Å². The summed E-state index contributed by atoms with van der Waals surface area (Å²) in [6, 6.07) is 7.47. The number of rotatable bonds is 6. The average molecular weight is 327 g/mol. The van der Waals surface area contributed by atoms with Gasteiger partial charge in [-0.15, -0.1) is 0 Å². The second kappa shape index (κ2) is 7.25. The van der Waals surface area contributed by atoms with Gasteiger partial charge in [0.2, 0.25) is 11.8 Å². The molecule has 0 saturated carbocycles. The number of nitrogens with one attached hydrogen (secondary N) is 1. The molecule has 1 fully saturated rings. The van der Waals surface area contributed by atoms with Crippen molar-refractivity contribution in [2.75, 3.05) is 6.54 Å². The Morgan fingerprint density at radius 2 is 2.12 bits per heavy atom. The molecule has 24 heavy (non-hydrogen) atoms. The van der Waals surface area contributed by atoms with Gasteiger partial charge < -0.3 is 10.2 Å². The zero-order valence-corrected chi connectivity index (χ0v) is 13.7. The molecule has 2 heterocycles. The third-order valence-corrected chi connectivity index (χ3v) is 4.32. The molecule has 3 rings (SSSR count). The number of hydrogen-bond acceptors (Lipinski definition) is 4. The fourth-order valence-electron chi connectivity index (χ4n) is 2.83. The molecule has 7 nitrogen and oxygen atoms in total. The lowest BCUT2D eigenvalue weighted by atomic mass is 10.1. The zero-order chi connectivity index (χ0) is 16.9. The van der Waals surface area contributed by atoms with Crippen LogP contribution in [-0.4, -0.2) is 38.0 Å². The van der Waals surface area contributed by atoms with E-state index in [1.54, 1.807) is 6.92 Å². The normalized spacial score (nSPS) is 15.5. The second-order valence-electron chi connectivity index (χ2n) is 5.96. The summed E-state index contributed by atoms with van der Waals surface area (Å²) in [5.41, 5.74) is 2.10. The first-order chi connectivity index (χ1) is 11.6. The molecule has 0 radical (unpaired) electrons. The molecule has 2 amide bonds. The first kappa shape index (κ1) is 16.2. The van der Waals surface area contributed by atoms with Crippen LogP contribution in [0.5, 0.6) is 0 Å². The smallest absolute Gasteiger partial charge is 0.244 e. The molecular weight excluding hydrogens is 306 g/mol. The van der Waals surface area contributed by atoms with Crippen molar-refractivity contribution in [2.45, 2.75) is 38.9 Å². The maximum Gasteiger partial charge on any atom is 0.244 e. The van der Waals surface area contributed by atoms with Crippen molar-refractivity contribution in [3.63, 3.8) is 0 Å². The second-order valence-corrected chi connectivity index (χ2v) is 5.96.